The highest BCUT2D eigenvalue weighted by atomic mass is 32.2. The van der Waals surface area contributed by atoms with Crippen LogP contribution in [0.4, 0.5) is 8.78 Å². The molecule has 1 aromatic carbocycles. The summed E-state index contributed by atoms with van der Waals surface area (Å²) in [5.74, 6) is -3.02. The molecule has 2 amide bonds. The van der Waals surface area contributed by atoms with Crippen molar-refractivity contribution in [3.63, 3.8) is 0 Å². The summed E-state index contributed by atoms with van der Waals surface area (Å²) >= 11 is 0. The first-order chi connectivity index (χ1) is 27.5. The lowest BCUT2D eigenvalue weighted by Crippen LogP contribution is -2.49. The second-order valence-corrected chi connectivity index (χ2v) is 20.7. The first-order valence-corrected chi connectivity index (χ1v) is 22.4. The van der Waals surface area contributed by atoms with Crippen LogP contribution in [0.25, 0.3) is 11.0 Å². The maximum absolute atomic E-state index is 14.8. The summed E-state index contributed by atoms with van der Waals surface area (Å²) in [4.78, 5) is 67.7. The number of rotatable bonds is 8. The van der Waals surface area contributed by atoms with Crippen molar-refractivity contribution in [1.82, 2.24) is 19.6 Å². The van der Waals surface area contributed by atoms with Gasteiger partial charge in [0.05, 0.1) is 53.7 Å². The number of carbonyl (C=O) groups is 4. The summed E-state index contributed by atoms with van der Waals surface area (Å²) in [6.45, 7) is 5.43. The molecule has 2 bridgehead atoms. The number of methoxy groups -OCH3 is 1. The molecule has 2 aromatic rings. The molecule has 58 heavy (non-hydrogen) atoms. The van der Waals surface area contributed by atoms with Crippen LogP contribution < -0.4 is 14.2 Å². The number of alkyl halides is 2. The second kappa shape index (κ2) is 15.3. The molecule has 16 heteroatoms. The van der Waals surface area contributed by atoms with Crippen molar-refractivity contribution >= 4 is 44.6 Å². The van der Waals surface area contributed by atoms with Crippen molar-refractivity contribution in [2.45, 2.75) is 134 Å². The van der Waals surface area contributed by atoms with E-state index < -0.39 is 86.5 Å². The average Bonchev–Trinajstić information content (AvgIpc) is 4.10. The molecule has 1 N–H and O–H groups in total. The summed E-state index contributed by atoms with van der Waals surface area (Å²) in [7, 11) is -2.54. The zero-order valence-electron chi connectivity index (χ0n) is 33.6. The Balaban J connectivity index is 1.13. The molecular weight excluding hydrogens is 775 g/mol. The van der Waals surface area contributed by atoms with Gasteiger partial charge in [0.25, 0.3) is 0 Å². The van der Waals surface area contributed by atoms with Crippen LogP contribution in [0.5, 0.6) is 11.6 Å². The predicted molar refractivity (Wildman–Crippen MR) is 206 cm³/mol. The normalized spacial score (nSPS) is 32.9. The molecule has 5 fully saturated rings. The molecule has 8 rings (SSSR count). The molecule has 0 radical (unpaired) electrons. The zero-order valence-corrected chi connectivity index (χ0v) is 34.4. The number of esters is 1. The summed E-state index contributed by atoms with van der Waals surface area (Å²) in [6, 6.07) is 4.15. The van der Waals surface area contributed by atoms with E-state index in [1.165, 1.54) is 4.90 Å². The Morgan fingerprint density at radius 1 is 1.02 bits per heavy atom. The number of amides is 2. The third-order valence-corrected chi connectivity index (χ3v) is 15.5. The second-order valence-electron chi connectivity index (χ2n) is 18.7. The molecule has 6 aliphatic rings. The van der Waals surface area contributed by atoms with Crippen molar-refractivity contribution < 1.29 is 50.6 Å². The Bertz CT molecular complexity index is 2090. The van der Waals surface area contributed by atoms with E-state index in [9.17, 15) is 36.4 Å². The molecule has 316 valence electrons. The number of ketones is 1. The van der Waals surface area contributed by atoms with Gasteiger partial charge >= 0.3 is 5.97 Å². The fourth-order valence-electron chi connectivity index (χ4n) is 9.91. The van der Waals surface area contributed by atoms with Gasteiger partial charge in [0.1, 0.15) is 23.7 Å². The molecule has 9 atom stereocenters. The molecule has 4 aliphatic carbocycles. The highest BCUT2D eigenvalue weighted by molar-refractivity contribution is 7.90. The van der Waals surface area contributed by atoms with Gasteiger partial charge in [-0.05, 0) is 86.7 Å². The van der Waals surface area contributed by atoms with Crippen LogP contribution in [0, 0.1) is 40.4 Å². The molecule has 0 unspecified atom stereocenters. The van der Waals surface area contributed by atoms with E-state index in [0.717, 1.165) is 38.5 Å². The summed E-state index contributed by atoms with van der Waals surface area (Å²) in [6.07, 6.45) is 1.52. The van der Waals surface area contributed by atoms with Gasteiger partial charge in [0, 0.05) is 24.8 Å². The minimum atomic E-state index is -4.09. The molecule has 1 saturated heterocycles. The van der Waals surface area contributed by atoms with E-state index >= 15 is 0 Å². The Morgan fingerprint density at radius 2 is 1.79 bits per heavy atom. The van der Waals surface area contributed by atoms with Gasteiger partial charge in [-0.25, -0.2) is 27.2 Å². The maximum Gasteiger partial charge on any atom is 0.306 e. The van der Waals surface area contributed by atoms with E-state index in [1.54, 1.807) is 19.2 Å². The Kier molecular flexibility index (Phi) is 10.7. The number of nitrogens with one attached hydrogen (secondary N) is 1. The minimum Gasteiger partial charge on any atom is -0.497 e. The lowest BCUT2D eigenvalue weighted by Gasteiger charge is -2.35. The molecule has 13 nitrogen and oxygen atoms in total. The van der Waals surface area contributed by atoms with E-state index in [-0.39, 0.29) is 43.7 Å². The largest absolute Gasteiger partial charge is 0.497 e. The number of carbonyl (C=O) groups excluding carboxylic acids is 4. The molecule has 1 aromatic heterocycles. The highest BCUT2D eigenvalue weighted by Crippen LogP contribution is 2.60. The lowest BCUT2D eigenvalue weighted by atomic mass is 9.77. The maximum atomic E-state index is 14.8. The number of nitrogens with zero attached hydrogens (tertiary/aromatic N) is 3. The summed E-state index contributed by atoms with van der Waals surface area (Å²) in [5.41, 5.74) is -0.909. The number of fused-ring (bicyclic) bond motifs is 7. The predicted octanol–water partition coefficient (Wildman–Crippen LogP) is 5.56. The van der Waals surface area contributed by atoms with E-state index in [0.29, 0.717) is 53.6 Å². The van der Waals surface area contributed by atoms with Crippen LogP contribution in [-0.4, -0.2) is 90.4 Å². The topological polar surface area (TPSA) is 171 Å². The van der Waals surface area contributed by atoms with Gasteiger partial charge in [-0.2, -0.15) is 0 Å². The van der Waals surface area contributed by atoms with Crippen molar-refractivity contribution in [2.24, 2.45) is 40.4 Å². The van der Waals surface area contributed by atoms with Gasteiger partial charge in [0.2, 0.25) is 34.1 Å². The van der Waals surface area contributed by atoms with Crippen molar-refractivity contribution in [1.29, 1.82) is 0 Å². The number of hydrogen-bond donors (Lipinski definition) is 1. The highest BCUT2D eigenvalue weighted by Gasteiger charge is 2.66. The number of halogens is 2. The molecular formula is C42H54F2N4O9S. The SMILES string of the molecule is COc1ccc2nc3c(nc2c1)O[C@@H]1C[C@@H](C(=O)C[C@]2(C(=O)NS(=O)(=O)C4CC4)C[C@H]2C(F)F)N(C1)C(=O)[C@H](C(C)(C)C)CC(=O)O[C@@H]1C[C@@H]2C[C@@H]2[C@H]1CCCCC3. The van der Waals surface area contributed by atoms with Crippen LogP contribution in [-0.2, 0) is 40.4 Å². The van der Waals surface area contributed by atoms with E-state index in [1.807, 2.05) is 31.6 Å². The minimum absolute atomic E-state index is 0.0485. The number of ether oxygens (including phenoxy) is 3. The number of aryl methyl sites for hydroxylation is 1. The Labute approximate surface area is 337 Å². The van der Waals surface area contributed by atoms with Gasteiger partial charge < -0.3 is 19.1 Å². The third-order valence-electron chi connectivity index (χ3n) is 13.7. The fourth-order valence-corrected chi connectivity index (χ4v) is 11.3. The standard InChI is InChI=1S/C42H54F2N4O9S/c1-41(2,3)28-18-36(50)57-35-15-22-14-27(22)26(35)8-6-5-7-9-31-38(46-32-16-23(55-4)10-13-30(32)45-31)56-24-17-33(48(21-24)39(28)51)34(49)20-42(19-29(42)37(43)44)40(52)47-58(53,54)25-11-12-25/h10,13,16,22,24-29,33,35,37H,5-9,11-12,14-15,17-21H2,1-4H3,(H,47,52)/t22-,24+,26+,27-,28+,29-,33-,35+,42+/m0/s1. The number of Topliss-reactive ketones (excluding diaryl/α,β-unsaturated/α-hetero) is 1. The molecule has 0 spiro atoms. The van der Waals surface area contributed by atoms with Gasteiger partial charge in [-0.1, -0.05) is 33.6 Å². The molecule has 4 saturated carbocycles. The van der Waals surface area contributed by atoms with Crippen molar-refractivity contribution in [3.05, 3.63) is 23.9 Å². The zero-order chi connectivity index (χ0) is 41.3. The quantitative estimate of drug-likeness (QED) is 0.331. The molecule has 3 heterocycles. The van der Waals surface area contributed by atoms with Crippen LogP contribution >= 0.6 is 0 Å². The fraction of sp³-hybridized carbons (Fsp3) is 0.714. The number of sulfonamides is 1. The van der Waals surface area contributed by atoms with Gasteiger partial charge in [-0.3, -0.25) is 23.9 Å². The van der Waals surface area contributed by atoms with Gasteiger partial charge in [-0.15, -0.1) is 0 Å². The van der Waals surface area contributed by atoms with Crippen LogP contribution in [0.15, 0.2) is 18.2 Å². The summed E-state index contributed by atoms with van der Waals surface area (Å²) < 4.78 is 74.2. The average molecular weight is 829 g/mol. The third kappa shape index (κ3) is 8.15. The first-order valence-electron chi connectivity index (χ1n) is 20.9. The number of benzene rings is 1. The Morgan fingerprint density at radius 3 is 2.48 bits per heavy atom. The van der Waals surface area contributed by atoms with Crippen LogP contribution in [0.1, 0.15) is 104 Å². The van der Waals surface area contributed by atoms with Crippen LogP contribution in [0.3, 0.4) is 0 Å². The molecule has 2 aliphatic heterocycles. The smallest absolute Gasteiger partial charge is 0.306 e. The number of aromatic nitrogens is 2. The van der Waals surface area contributed by atoms with Gasteiger partial charge in [0.15, 0.2) is 5.78 Å². The summed E-state index contributed by atoms with van der Waals surface area (Å²) in [5, 5.41) is -0.775. The number of hydrogen-bond acceptors (Lipinski definition) is 11. The van der Waals surface area contributed by atoms with E-state index in [4.69, 9.17) is 24.2 Å². The van der Waals surface area contributed by atoms with E-state index in [2.05, 4.69) is 0 Å². The monoisotopic (exact) mass is 828 g/mol. The first kappa shape index (κ1) is 40.8. The van der Waals surface area contributed by atoms with Crippen molar-refractivity contribution in [3.8, 4) is 11.6 Å². The van der Waals surface area contributed by atoms with Crippen LogP contribution in [0.2, 0.25) is 0 Å². The van der Waals surface area contributed by atoms with Crippen molar-refractivity contribution in [2.75, 3.05) is 13.7 Å². The Hall–Kier alpha value is -3.95. The lowest BCUT2D eigenvalue weighted by molar-refractivity contribution is -0.158.